The number of sulfonamides is 1. The van der Waals surface area contributed by atoms with Gasteiger partial charge in [-0.2, -0.15) is 13.2 Å². The Morgan fingerprint density at radius 1 is 0.794 bits per heavy atom. The molecule has 4 aliphatic carbocycles. The lowest BCUT2D eigenvalue weighted by atomic mass is 9.33. The van der Waals surface area contributed by atoms with Gasteiger partial charge in [-0.1, -0.05) is 102 Å². The van der Waals surface area contributed by atoms with E-state index >= 15 is 0 Å². The van der Waals surface area contributed by atoms with Crippen molar-refractivity contribution < 1.29 is 54.3 Å². The number of unbranched alkanes of at least 4 members (excludes halogenated alkanes) is 2. The van der Waals surface area contributed by atoms with Gasteiger partial charge in [0.2, 0.25) is 17.7 Å². The summed E-state index contributed by atoms with van der Waals surface area (Å²) in [6.45, 7) is 25.0. The van der Waals surface area contributed by atoms with Crippen LogP contribution in [0.3, 0.4) is 0 Å². The number of rotatable bonds is 28. The molecular weight excluding hydrogens is 1380 g/mol. The van der Waals surface area contributed by atoms with E-state index in [4.69, 9.17) is 0 Å². The number of halogens is 3. The number of allylic oxidation sites excluding steroid dienone is 1. The summed E-state index contributed by atoms with van der Waals surface area (Å²) >= 11 is 3.00. The van der Waals surface area contributed by atoms with Crippen LogP contribution >= 0.6 is 23.1 Å². The zero-order valence-corrected chi connectivity index (χ0v) is 63.3. The molecule has 3 saturated heterocycles. The molecule has 554 valence electrons. The minimum absolute atomic E-state index is 0.00424. The number of alkyl halides is 3. The SMILES string of the molecule is Cc1ncsc1-c1ccc([C@H](C)NC(=O)[C@@H]2C[C@@H](O)CN2C(=O)C(NC(=O)CCCCCN2CCN(CCC(CSc3ccccc3)Nc3ccc(S(=O)(=O)NC(=O)c4ccc(N5CCN(CC6=C(C78CC(C)(C7)C8)CC(C)(C)CC6)CC5)cc4)cc3S(=O)(=O)C(F)(F)F)CC2)C(C)(C)C)cc1. The summed E-state index contributed by atoms with van der Waals surface area (Å²) in [7, 11) is -11.0. The van der Waals surface area contributed by atoms with Crippen LogP contribution in [0.4, 0.5) is 24.5 Å². The van der Waals surface area contributed by atoms with E-state index in [0.717, 1.165) is 116 Å². The van der Waals surface area contributed by atoms with Crippen molar-refractivity contribution in [2.75, 3.05) is 94.5 Å². The number of aliphatic hydroxyl groups excluding tert-OH is 1. The van der Waals surface area contributed by atoms with E-state index in [1.807, 2.05) is 93.9 Å². The number of carbonyl (C=O) groups excluding carboxylic acids is 4. The number of nitrogens with one attached hydrogen (secondary N) is 4. The average Bonchev–Trinajstić information content (AvgIpc) is 0.686. The molecule has 2 bridgehead atoms. The smallest absolute Gasteiger partial charge is 0.391 e. The number of aryl methyl sites for hydroxylation is 1. The summed E-state index contributed by atoms with van der Waals surface area (Å²) in [5.41, 5.74) is 3.25. The summed E-state index contributed by atoms with van der Waals surface area (Å²) in [6, 6.07) is 23.4. The molecule has 0 spiro atoms. The molecule has 5 aromatic rings. The minimum atomic E-state index is -6.14. The fourth-order valence-corrected chi connectivity index (χ4v) is 19.9. The monoisotopic (exact) mass is 1480 g/mol. The van der Waals surface area contributed by atoms with Crippen LogP contribution in [-0.2, 0) is 34.2 Å². The summed E-state index contributed by atoms with van der Waals surface area (Å²) in [5.74, 6) is -1.81. The Balaban J connectivity index is 0.643. The van der Waals surface area contributed by atoms with Gasteiger partial charge in [-0.3, -0.25) is 24.1 Å². The molecule has 5 atom stereocenters. The molecule has 6 fully saturated rings. The molecule has 26 heteroatoms. The lowest BCUT2D eigenvalue weighted by molar-refractivity contribution is -0.167. The largest absolute Gasteiger partial charge is 0.501 e. The number of nitrogens with zero attached hydrogens (tertiary/aromatic N) is 6. The third-order valence-electron chi connectivity index (χ3n) is 21.7. The van der Waals surface area contributed by atoms with E-state index in [1.54, 1.807) is 40.1 Å². The highest BCUT2D eigenvalue weighted by atomic mass is 32.2. The average molecular weight is 1480 g/mol. The van der Waals surface area contributed by atoms with Crippen molar-refractivity contribution in [3.05, 3.63) is 131 Å². The third-order valence-corrected chi connectivity index (χ3v) is 26.7. The highest BCUT2D eigenvalue weighted by molar-refractivity contribution is 7.99. The molecule has 19 nitrogen and oxygen atoms in total. The Kier molecular flexibility index (Phi) is 23.6. The van der Waals surface area contributed by atoms with Gasteiger partial charge in [0.25, 0.3) is 25.8 Å². The Bertz CT molecular complexity index is 4060. The molecule has 3 saturated carbocycles. The molecular formula is C76H101F3N10O9S4. The van der Waals surface area contributed by atoms with Crippen molar-refractivity contribution >= 4 is 78.0 Å². The number of amides is 4. The van der Waals surface area contributed by atoms with Crippen molar-refractivity contribution in [3.63, 3.8) is 0 Å². The second-order valence-electron chi connectivity index (χ2n) is 31.5. The van der Waals surface area contributed by atoms with E-state index in [2.05, 4.69) is 61.3 Å². The number of thiazole rings is 1. The normalized spacial score (nSPS) is 23.0. The fraction of sp³-hybridized carbons (Fsp3) is 0.566. The number of sulfone groups is 1. The molecule has 3 aliphatic heterocycles. The fourth-order valence-electron chi connectivity index (χ4n) is 16.1. The van der Waals surface area contributed by atoms with Gasteiger partial charge in [-0.25, -0.2) is 26.5 Å². The van der Waals surface area contributed by atoms with Crippen LogP contribution in [0.5, 0.6) is 0 Å². The van der Waals surface area contributed by atoms with Gasteiger partial charge in [0.15, 0.2) is 0 Å². The summed E-state index contributed by atoms with van der Waals surface area (Å²) in [4.78, 5) is 70.2. The van der Waals surface area contributed by atoms with Gasteiger partial charge in [-0.15, -0.1) is 23.1 Å². The van der Waals surface area contributed by atoms with E-state index in [-0.39, 0.29) is 42.8 Å². The maximum absolute atomic E-state index is 14.6. The van der Waals surface area contributed by atoms with Crippen LogP contribution in [-0.4, -0.2) is 184 Å². The second kappa shape index (κ2) is 31.4. The molecule has 102 heavy (non-hydrogen) atoms. The Morgan fingerprint density at radius 3 is 2.08 bits per heavy atom. The van der Waals surface area contributed by atoms with E-state index in [1.165, 1.54) is 60.9 Å². The molecule has 7 aliphatic rings. The zero-order valence-electron chi connectivity index (χ0n) is 60.0. The predicted octanol–water partition coefficient (Wildman–Crippen LogP) is 11.9. The van der Waals surface area contributed by atoms with Crippen LogP contribution < -0.4 is 25.6 Å². The van der Waals surface area contributed by atoms with E-state index < -0.39 is 82.3 Å². The third kappa shape index (κ3) is 18.3. The van der Waals surface area contributed by atoms with Gasteiger partial charge in [-0.05, 0) is 166 Å². The Labute approximate surface area is 608 Å². The Hall–Kier alpha value is -6.39. The molecule has 5 N–H and O–H groups in total. The molecule has 12 rings (SSSR count). The van der Waals surface area contributed by atoms with Gasteiger partial charge >= 0.3 is 5.51 Å². The Morgan fingerprint density at radius 2 is 1.45 bits per heavy atom. The number of likely N-dealkylation sites (tertiary alicyclic amines) is 1. The first-order chi connectivity index (χ1) is 48.2. The molecule has 4 aromatic carbocycles. The van der Waals surface area contributed by atoms with Crippen LogP contribution in [0, 0.1) is 28.6 Å². The highest BCUT2D eigenvalue weighted by Gasteiger charge is 2.67. The number of thioether (sulfide) groups is 1. The quantitative estimate of drug-likeness (QED) is 0.0178. The number of aliphatic hydroxyl groups is 1. The number of carbonyl (C=O) groups is 4. The molecule has 4 heterocycles. The van der Waals surface area contributed by atoms with E-state index in [0.29, 0.717) is 60.5 Å². The van der Waals surface area contributed by atoms with Gasteiger partial charge in [0.05, 0.1) is 38.8 Å². The van der Waals surface area contributed by atoms with Crippen LogP contribution in [0.2, 0.25) is 0 Å². The number of benzene rings is 4. The lowest BCUT2D eigenvalue weighted by Gasteiger charge is -2.72. The molecule has 2 unspecified atom stereocenters. The first kappa shape index (κ1) is 76.7. The van der Waals surface area contributed by atoms with Crippen molar-refractivity contribution in [2.24, 2.45) is 21.7 Å². The van der Waals surface area contributed by atoms with Crippen LogP contribution in [0.15, 0.2) is 128 Å². The molecule has 1 aromatic heterocycles. The number of hydrogen-bond donors (Lipinski definition) is 5. The first-order valence-electron chi connectivity index (χ1n) is 36.0. The summed E-state index contributed by atoms with van der Waals surface area (Å²) in [6.07, 6.45) is 9.39. The number of hydrogen-bond acceptors (Lipinski definition) is 17. The molecule has 4 amide bonds. The van der Waals surface area contributed by atoms with E-state index in [9.17, 15) is 54.3 Å². The van der Waals surface area contributed by atoms with Gasteiger partial charge in [0.1, 0.15) is 17.0 Å². The first-order valence-corrected chi connectivity index (χ1v) is 40.8. The zero-order chi connectivity index (χ0) is 73.2. The summed E-state index contributed by atoms with van der Waals surface area (Å²) in [5, 5.41) is 19.8. The molecule has 0 radical (unpaired) electrons. The van der Waals surface area contributed by atoms with Gasteiger partial charge in [0, 0.05) is 113 Å². The van der Waals surface area contributed by atoms with Crippen LogP contribution in [0.1, 0.15) is 153 Å². The van der Waals surface area contributed by atoms with Crippen molar-refractivity contribution in [1.82, 2.24) is 39.9 Å². The lowest BCUT2D eigenvalue weighted by Crippen LogP contribution is -2.61. The maximum Gasteiger partial charge on any atom is 0.501 e. The minimum Gasteiger partial charge on any atom is -0.391 e. The maximum atomic E-state index is 14.6. The van der Waals surface area contributed by atoms with Gasteiger partial charge < -0.3 is 40.7 Å². The van der Waals surface area contributed by atoms with Crippen molar-refractivity contribution in [2.45, 2.75) is 183 Å². The second-order valence-corrected chi connectivity index (χ2v) is 37.1. The number of β-amino-alcohol motifs (C(OH)–C–C–N with tert-alkyl or cyclic N) is 1. The predicted molar refractivity (Wildman–Crippen MR) is 395 cm³/mol. The topological polar surface area (TPSA) is 234 Å². The number of aromatic nitrogens is 1. The van der Waals surface area contributed by atoms with Crippen LogP contribution in [0.25, 0.3) is 10.4 Å². The van der Waals surface area contributed by atoms with Crippen molar-refractivity contribution in [3.8, 4) is 10.4 Å². The number of anilines is 2. The highest BCUT2D eigenvalue weighted by Crippen LogP contribution is 2.77. The van der Waals surface area contributed by atoms with Crippen molar-refractivity contribution in [1.29, 1.82) is 0 Å². The summed E-state index contributed by atoms with van der Waals surface area (Å²) < 4.78 is 100. The number of piperazine rings is 2. The standard InChI is InChI=1S/C76H101F3N10O9S4/c1-51(53-18-20-54(21-19-53)67-52(2)80-50-100-67)81-70(93)64-41-59(90)45-89(64)71(94)68(72(3,4)5)83-66(91)17-13-10-14-31-85-33-35-86(36-34-85)32-29-57(46-99-60-15-11-9-12-16-60)82-63-27-26-61(42-65(63)101(95,96)76(77,78)79)102(97,98)84-69(92)55-22-24-58(25-23-55)88-39-37-87(38-40-88)44-56-28-30-73(6,7)43-62(56)75-47-74(8,48-75)49-75/h9,11-12,15-16,18-27,42,50-51,57,59,64,68,82,90H,10,13-14,17,28-41,43-49H2,1-8H3,(H,81,93)(H,83,91)(H,84,92)/t51-,57?,59+,64-,68?,74?,75?/m0/s1.